The van der Waals surface area contributed by atoms with Gasteiger partial charge in [-0.1, -0.05) is 11.6 Å². The van der Waals surface area contributed by atoms with E-state index >= 15 is 0 Å². The maximum absolute atomic E-state index is 13.3. The smallest absolute Gasteiger partial charge is 0.260 e. The molecule has 9 heteroatoms. The van der Waals surface area contributed by atoms with Gasteiger partial charge in [-0.25, -0.2) is 9.97 Å². The zero-order chi connectivity index (χ0) is 24.0. The van der Waals surface area contributed by atoms with Crippen molar-refractivity contribution >= 4 is 22.6 Å². The van der Waals surface area contributed by atoms with Crippen molar-refractivity contribution in [2.75, 3.05) is 6.79 Å². The Hall–Kier alpha value is -4.09. The molecular weight excluding hydrogens is 458 g/mol. The lowest BCUT2D eigenvalue weighted by molar-refractivity contribution is 0.171. The Labute approximate surface area is 199 Å². The van der Waals surface area contributed by atoms with Crippen LogP contribution in [0.5, 0.6) is 17.4 Å². The molecule has 8 nitrogen and oxygen atoms in total. The van der Waals surface area contributed by atoms with Gasteiger partial charge in [0, 0.05) is 22.9 Å². The molecule has 1 unspecified atom stereocenters. The first-order valence-corrected chi connectivity index (χ1v) is 10.8. The average Bonchev–Trinajstić information content (AvgIpc) is 3.30. The molecule has 0 radical (unpaired) electrons. The van der Waals surface area contributed by atoms with E-state index in [1.165, 1.54) is 0 Å². The lowest BCUT2D eigenvalue weighted by Gasteiger charge is -2.18. The lowest BCUT2D eigenvalue weighted by atomic mass is 10.00. The zero-order valence-corrected chi connectivity index (χ0v) is 19.3. The zero-order valence-electron chi connectivity index (χ0n) is 18.5. The van der Waals surface area contributed by atoms with Crippen LogP contribution in [0.25, 0.3) is 22.3 Å². The molecule has 34 heavy (non-hydrogen) atoms. The summed E-state index contributed by atoms with van der Waals surface area (Å²) in [5, 5.41) is 10.0. The van der Waals surface area contributed by atoms with Crippen molar-refractivity contribution in [1.29, 1.82) is 5.26 Å². The Balaban J connectivity index is 1.65. The molecule has 1 aromatic carbocycles. The van der Waals surface area contributed by atoms with Gasteiger partial charge >= 0.3 is 0 Å². The van der Waals surface area contributed by atoms with Gasteiger partial charge in [-0.05, 0) is 56.7 Å². The van der Waals surface area contributed by atoms with Crippen LogP contribution in [0.3, 0.4) is 0 Å². The Bertz CT molecular complexity index is 1560. The van der Waals surface area contributed by atoms with E-state index in [1.54, 1.807) is 37.4 Å². The SMILES string of the molecule is Cc1cc(C(C)Oc2ccc(Cl)nc2C#N)c2oc(-c3cnc4c(c3)OCO4)c(C)c(=O)c2c1. The second-order valence-corrected chi connectivity index (χ2v) is 8.29. The summed E-state index contributed by atoms with van der Waals surface area (Å²) in [5.74, 6) is 1.54. The van der Waals surface area contributed by atoms with Gasteiger partial charge in [0.05, 0.1) is 5.39 Å². The minimum atomic E-state index is -0.564. The summed E-state index contributed by atoms with van der Waals surface area (Å²) >= 11 is 5.90. The maximum Gasteiger partial charge on any atom is 0.260 e. The number of rotatable bonds is 4. The van der Waals surface area contributed by atoms with Crippen molar-refractivity contribution in [2.24, 2.45) is 0 Å². The molecular formula is C25H18ClN3O5. The molecule has 0 amide bonds. The minimum absolute atomic E-state index is 0.0701. The van der Waals surface area contributed by atoms with Crippen LogP contribution < -0.4 is 19.6 Å². The summed E-state index contributed by atoms with van der Waals surface area (Å²) in [6, 6.07) is 10.5. The van der Waals surface area contributed by atoms with Crippen molar-refractivity contribution in [2.45, 2.75) is 26.9 Å². The van der Waals surface area contributed by atoms with Crippen LogP contribution in [0.15, 0.2) is 45.7 Å². The van der Waals surface area contributed by atoms with Crippen molar-refractivity contribution in [3.63, 3.8) is 0 Å². The van der Waals surface area contributed by atoms with Crippen LogP contribution >= 0.6 is 11.6 Å². The molecule has 3 aromatic heterocycles. The number of nitrogens with zero attached hydrogens (tertiary/aromatic N) is 3. The van der Waals surface area contributed by atoms with E-state index in [0.29, 0.717) is 45.0 Å². The van der Waals surface area contributed by atoms with E-state index in [4.69, 9.17) is 30.2 Å². The molecule has 0 spiro atoms. The van der Waals surface area contributed by atoms with E-state index in [1.807, 2.05) is 26.0 Å². The highest BCUT2D eigenvalue weighted by Gasteiger charge is 2.23. The van der Waals surface area contributed by atoms with E-state index in [2.05, 4.69) is 9.97 Å². The van der Waals surface area contributed by atoms with Crippen LogP contribution in [0.2, 0.25) is 5.15 Å². The largest absolute Gasteiger partial charge is 0.483 e. The number of ether oxygens (including phenoxy) is 3. The third-order valence-electron chi connectivity index (χ3n) is 5.55. The Kier molecular flexibility index (Phi) is 5.34. The number of halogens is 1. The Morgan fingerprint density at radius 1 is 1.21 bits per heavy atom. The number of nitriles is 1. The molecule has 1 aliphatic heterocycles. The molecule has 1 atom stereocenters. The number of pyridine rings is 2. The van der Waals surface area contributed by atoms with Gasteiger partial charge in [-0.3, -0.25) is 4.79 Å². The van der Waals surface area contributed by atoms with E-state index in [0.717, 1.165) is 5.56 Å². The highest BCUT2D eigenvalue weighted by molar-refractivity contribution is 6.29. The van der Waals surface area contributed by atoms with Gasteiger partial charge in [0.2, 0.25) is 6.79 Å². The second kappa shape index (κ2) is 8.36. The standard InChI is InChI=1S/C25H18ClN3O5/c1-12-6-16(14(3)33-19-4-5-21(26)29-18(19)9-27)24-17(7-12)22(30)13(2)23(34-24)15-8-20-25(28-10-15)32-11-31-20/h4-8,10,14H,11H2,1-3H3. The van der Waals surface area contributed by atoms with Crippen LogP contribution in [0, 0.1) is 25.2 Å². The predicted molar refractivity (Wildman–Crippen MR) is 124 cm³/mol. The predicted octanol–water partition coefficient (Wildman–Crippen LogP) is 5.26. The third kappa shape index (κ3) is 3.70. The summed E-state index contributed by atoms with van der Waals surface area (Å²) in [5.41, 5.74) is 2.87. The first-order valence-electron chi connectivity index (χ1n) is 10.4. The van der Waals surface area contributed by atoms with Gasteiger partial charge in [0.1, 0.15) is 28.7 Å². The van der Waals surface area contributed by atoms with E-state index in [-0.39, 0.29) is 28.8 Å². The van der Waals surface area contributed by atoms with E-state index < -0.39 is 6.10 Å². The fourth-order valence-corrected chi connectivity index (χ4v) is 4.06. The molecule has 170 valence electrons. The lowest BCUT2D eigenvalue weighted by Crippen LogP contribution is -2.12. The van der Waals surface area contributed by atoms with Crippen LogP contribution in [-0.2, 0) is 0 Å². The van der Waals surface area contributed by atoms with Crippen molar-refractivity contribution < 1.29 is 18.6 Å². The highest BCUT2D eigenvalue weighted by Crippen LogP contribution is 2.37. The van der Waals surface area contributed by atoms with Gasteiger partial charge in [0.15, 0.2) is 22.6 Å². The summed E-state index contributed by atoms with van der Waals surface area (Å²) in [6.45, 7) is 5.51. The minimum Gasteiger partial charge on any atom is -0.483 e. The molecule has 0 saturated heterocycles. The third-order valence-corrected chi connectivity index (χ3v) is 5.76. The van der Waals surface area contributed by atoms with Crippen LogP contribution in [0.4, 0.5) is 0 Å². The molecule has 1 aliphatic rings. The quantitative estimate of drug-likeness (QED) is 0.368. The second-order valence-electron chi connectivity index (χ2n) is 7.90. The summed E-state index contributed by atoms with van der Waals surface area (Å²) in [4.78, 5) is 21.6. The molecule has 0 bridgehead atoms. The topological polar surface area (TPSA) is 107 Å². The number of hydrogen-bond acceptors (Lipinski definition) is 8. The first-order chi connectivity index (χ1) is 16.4. The number of aromatic nitrogens is 2. The number of fused-ring (bicyclic) bond motifs is 2. The fourth-order valence-electron chi connectivity index (χ4n) is 3.91. The van der Waals surface area contributed by atoms with Crippen LogP contribution in [0.1, 0.15) is 35.4 Å². The maximum atomic E-state index is 13.3. The Morgan fingerprint density at radius 3 is 2.82 bits per heavy atom. The summed E-state index contributed by atoms with van der Waals surface area (Å²) in [6.07, 6.45) is 1.02. The van der Waals surface area contributed by atoms with Crippen molar-refractivity contribution in [1.82, 2.24) is 9.97 Å². The summed E-state index contributed by atoms with van der Waals surface area (Å²) in [7, 11) is 0. The number of hydrogen-bond donors (Lipinski definition) is 0. The molecule has 4 aromatic rings. The Morgan fingerprint density at radius 2 is 2.03 bits per heavy atom. The van der Waals surface area contributed by atoms with E-state index in [9.17, 15) is 10.1 Å². The van der Waals surface area contributed by atoms with Gasteiger partial charge in [0.25, 0.3) is 5.88 Å². The summed E-state index contributed by atoms with van der Waals surface area (Å²) < 4.78 is 23.1. The van der Waals surface area contributed by atoms with Gasteiger partial charge in [-0.15, -0.1) is 0 Å². The highest BCUT2D eigenvalue weighted by atomic mass is 35.5. The molecule has 0 fully saturated rings. The van der Waals surface area contributed by atoms with Gasteiger partial charge in [-0.2, -0.15) is 5.26 Å². The van der Waals surface area contributed by atoms with Crippen molar-refractivity contribution in [3.05, 3.63) is 74.3 Å². The average molecular weight is 476 g/mol. The first kappa shape index (κ1) is 21.7. The van der Waals surface area contributed by atoms with Crippen molar-refractivity contribution in [3.8, 4) is 34.8 Å². The number of aryl methyl sites for hydroxylation is 1. The van der Waals surface area contributed by atoms with Crippen LogP contribution in [-0.4, -0.2) is 16.8 Å². The molecule has 0 aliphatic carbocycles. The molecule has 5 rings (SSSR count). The van der Waals surface area contributed by atoms with Gasteiger partial charge < -0.3 is 18.6 Å². The fraction of sp³-hybridized carbons (Fsp3) is 0.200. The molecule has 4 heterocycles. The molecule has 0 saturated carbocycles. The monoisotopic (exact) mass is 475 g/mol. The number of benzene rings is 1. The molecule has 0 N–H and O–H groups in total. The normalized spacial score (nSPS) is 13.0.